The minimum absolute atomic E-state index is 0.0899. The first-order valence-electron chi connectivity index (χ1n) is 5.20. The van der Waals surface area contributed by atoms with Crippen LogP contribution in [0.4, 0.5) is 11.4 Å². The third-order valence-electron chi connectivity index (χ3n) is 2.33. The van der Waals surface area contributed by atoms with Gasteiger partial charge in [0.05, 0.1) is 10.5 Å². The lowest BCUT2D eigenvalue weighted by atomic mass is 10.1. The second-order valence-electron chi connectivity index (χ2n) is 4.05. The number of anilines is 1. The molecule has 0 atom stereocenters. The van der Waals surface area contributed by atoms with Gasteiger partial charge in [-0.25, -0.2) is 4.79 Å². The first-order valence-corrected chi connectivity index (χ1v) is 5.20. The first-order chi connectivity index (χ1) is 8.34. The van der Waals surface area contributed by atoms with Crippen LogP contribution in [0.2, 0.25) is 0 Å². The fraction of sp³-hybridized carbons (Fsp3) is 0.250. The van der Waals surface area contributed by atoms with Crippen LogP contribution >= 0.6 is 0 Å². The maximum Gasteiger partial charge on any atom is 0.338 e. The third kappa shape index (κ3) is 2.85. The number of hydrogen-bond donors (Lipinski definition) is 1. The van der Waals surface area contributed by atoms with E-state index in [4.69, 9.17) is 5.11 Å². The van der Waals surface area contributed by atoms with E-state index in [-0.39, 0.29) is 16.9 Å². The standard InChI is InChI=1S/C12H14N2O4/c1-8(2)7-13(3)11-9(12(15)16)5-4-6-10(11)14(17)18/h4-6H,1,7H2,2-3H3,(H,15,16). The lowest BCUT2D eigenvalue weighted by molar-refractivity contribution is -0.384. The van der Waals surface area contributed by atoms with Gasteiger partial charge in [0.2, 0.25) is 0 Å². The van der Waals surface area contributed by atoms with Gasteiger partial charge in [-0.2, -0.15) is 0 Å². The molecular weight excluding hydrogens is 236 g/mol. The molecule has 0 aromatic heterocycles. The number of carbonyl (C=O) groups is 1. The van der Waals surface area contributed by atoms with Gasteiger partial charge in [-0.3, -0.25) is 10.1 Å². The van der Waals surface area contributed by atoms with Gasteiger partial charge in [0, 0.05) is 19.7 Å². The van der Waals surface area contributed by atoms with Crippen molar-refractivity contribution in [3.63, 3.8) is 0 Å². The summed E-state index contributed by atoms with van der Waals surface area (Å²) < 4.78 is 0. The number of para-hydroxylation sites is 1. The second-order valence-corrected chi connectivity index (χ2v) is 4.05. The number of hydrogen-bond acceptors (Lipinski definition) is 4. The fourth-order valence-electron chi connectivity index (χ4n) is 1.74. The predicted molar refractivity (Wildman–Crippen MR) is 68.1 cm³/mol. The van der Waals surface area contributed by atoms with Crippen LogP contribution in [0.5, 0.6) is 0 Å². The Morgan fingerprint density at radius 1 is 1.56 bits per heavy atom. The Labute approximate surface area is 104 Å². The summed E-state index contributed by atoms with van der Waals surface area (Å²) in [4.78, 5) is 23.0. The summed E-state index contributed by atoms with van der Waals surface area (Å²) >= 11 is 0. The van der Waals surface area contributed by atoms with Crippen molar-refractivity contribution >= 4 is 17.3 Å². The number of carboxylic acid groups (broad SMARTS) is 1. The Balaban J connectivity index is 3.39. The summed E-state index contributed by atoms with van der Waals surface area (Å²) in [6.45, 7) is 5.83. The molecule has 6 heteroatoms. The molecule has 0 heterocycles. The molecule has 0 spiro atoms. The molecule has 1 aromatic rings. The number of aromatic carboxylic acids is 1. The van der Waals surface area contributed by atoms with E-state index in [0.29, 0.717) is 6.54 Å². The van der Waals surface area contributed by atoms with E-state index >= 15 is 0 Å². The van der Waals surface area contributed by atoms with Gasteiger partial charge in [0.1, 0.15) is 5.69 Å². The lowest BCUT2D eigenvalue weighted by Crippen LogP contribution is -2.22. The summed E-state index contributed by atoms with van der Waals surface area (Å²) in [5.74, 6) is -1.19. The van der Waals surface area contributed by atoms with Crippen LogP contribution in [-0.2, 0) is 0 Å². The molecule has 0 saturated carbocycles. The van der Waals surface area contributed by atoms with Gasteiger partial charge in [0.25, 0.3) is 5.69 Å². The highest BCUT2D eigenvalue weighted by atomic mass is 16.6. The van der Waals surface area contributed by atoms with E-state index in [1.807, 2.05) is 0 Å². The number of nitro benzene ring substituents is 1. The average molecular weight is 250 g/mol. The second kappa shape index (κ2) is 5.31. The van der Waals surface area contributed by atoms with Crippen LogP contribution in [0.3, 0.4) is 0 Å². The van der Waals surface area contributed by atoms with Crippen molar-refractivity contribution in [2.45, 2.75) is 6.92 Å². The summed E-state index contributed by atoms with van der Waals surface area (Å²) in [6.07, 6.45) is 0. The van der Waals surface area contributed by atoms with Gasteiger partial charge in [-0.15, -0.1) is 0 Å². The molecule has 1 aromatic carbocycles. The number of nitrogens with zero attached hydrogens (tertiary/aromatic N) is 2. The number of carboxylic acids is 1. The Hall–Kier alpha value is -2.37. The van der Waals surface area contributed by atoms with Crippen LogP contribution in [-0.4, -0.2) is 29.6 Å². The van der Waals surface area contributed by atoms with Gasteiger partial charge < -0.3 is 10.0 Å². The zero-order chi connectivity index (χ0) is 13.9. The molecule has 0 aliphatic rings. The molecule has 96 valence electrons. The Morgan fingerprint density at radius 3 is 2.61 bits per heavy atom. The van der Waals surface area contributed by atoms with Crippen LogP contribution in [0.1, 0.15) is 17.3 Å². The minimum Gasteiger partial charge on any atom is -0.478 e. The van der Waals surface area contributed by atoms with Gasteiger partial charge in [-0.1, -0.05) is 18.2 Å². The van der Waals surface area contributed by atoms with Crippen LogP contribution < -0.4 is 4.90 Å². The van der Waals surface area contributed by atoms with Crippen molar-refractivity contribution in [3.8, 4) is 0 Å². The smallest absolute Gasteiger partial charge is 0.338 e. The summed E-state index contributed by atoms with van der Waals surface area (Å²) in [5, 5.41) is 20.0. The molecule has 0 aliphatic carbocycles. The van der Waals surface area contributed by atoms with Crippen molar-refractivity contribution in [1.29, 1.82) is 0 Å². The van der Waals surface area contributed by atoms with Crippen molar-refractivity contribution in [2.75, 3.05) is 18.5 Å². The van der Waals surface area contributed by atoms with Gasteiger partial charge >= 0.3 is 5.97 Å². The topological polar surface area (TPSA) is 83.7 Å². The molecule has 0 radical (unpaired) electrons. The van der Waals surface area contributed by atoms with Gasteiger partial charge in [0.15, 0.2) is 0 Å². The fourth-order valence-corrected chi connectivity index (χ4v) is 1.74. The molecule has 0 aliphatic heterocycles. The highest BCUT2D eigenvalue weighted by molar-refractivity contribution is 5.97. The molecule has 1 N–H and O–H groups in total. The minimum atomic E-state index is -1.19. The predicted octanol–water partition coefficient (Wildman–Crippen LogP) is 2.31. The number of nitro groups is 1. The quantitative estimate of drug-likeness (QED) is 0.492. The zero-order valence-corrected chi connectivity index (χ0v) is 10.2. The SMILES string of the molecule is C=C(C)CN(C)c1c(C(=O)O)cccc1[N+](=O)[O-]. The van der Waals surface area contributed by atoms with E-state index in [0.717, 1.165) is 5.57 Å². The number of benzene rings is 1. The molecule has 0 amide bonds. The first kappa shape index (κ1) is 13.7. The molecule has 6 nitrogen and oxygen atoms in total. The average Bonchev–Trinajstić information content (AvgIpc) is 2.26. The Morgan fingerprint density at radius 2 is 2.17 bits per heavy atom. The molecule has 0 unspecified atom stereocenters. The van der Waals surface area contributed by atoms with E-state index in [1.165, 1.54) is 23.1 Å². The summed E-state index contributed by atoms with van der Waals surface area (Å²) in [5.41, 5.74) is 0.566. The summed E-state index contributed by atoms with van der Waals surface area (Å²) in [6, 6.07) is 4.00. The Kier molecular flexibility index (Phi) is 4.04. The normalized spacial score (nSPS) is 9.89. The number of rotatable bonds is 5. The maximum atomic E-state index is 11.1. The van der Waals surface area contributed by atoms with Crippen LogP contribution in [0, 0.1) is 10.1 Å². The zero-order valence-electron chi connectivity index (χ0n) is 10.2. The van der Waals surface area contributed by atoms with E-state index in [1.54, 1.807) is 14.0 Å². The number of likely N-dealkylation sites (N-methyl/N-ethyl adjacent to an activating group) is 1. The van der Waals surface area contributed by atoms with Crippen LogP contribution in [0.25, 0.3) is 0 Å². The monoisotopic (exact) mass is 250 g/mol. The molecular formula is C12H14N2O4. The largest absolute Gasteiger partial charge is 0.478 e. The molecule has 0 bridgehead atoms. The van der Waals surface area contributed by atoms with Gasteiger partial charge in [-0.05, 0) is 13.0 Å². The summed E-state index contributed by atoms with van der Waals surface area (Å²) in [7, 11) is 1.60. The van der Waals surface area contributed by atoms with E-state index in [9.17, 15) is 14.9 Å². The molecule has 1 rings (SSSR count). The lowest BCUT2D eigenvalue weighted by Gasteiger charge is -2.20. The van der Waals surface area contributed by atoms with Crippen molar-refractivity contribution in [2.24, 2.45) is 0 Å². The van der Waals surface area contributed by atoms with E-state index in [2.05, 4.69) is 6.58 Å². The molecule has 18 heavy (non-hydrogen) atoms. The van der Waals surface area contributed by atoms with Crippen molar-refractivity contribution in [1.82, 2.24) is 0 Å². The van der Waals surface area contributed by atoms with Crippen LogP contribution in [0.15, 0.2) is 30.4 Å². The molecule has 0 saturated heterocycles. The Bertz CT molecular complexity index is 479. The van der Waals surface area contributed by atoms with E-state index < -0.39 is 10.9 Å². The third-order valence-corrected chi connectivity index (χ3v) is 2.33. The maximum absolute atomic E-state index is 11.1. The van der Waals surface area contributed by atoms with Crippen molar-refractivity contribution in [3.05, 3.63) is 46.0 Å². The highest BCUT2D eigenvalue weighted by Crippen LogP contribution is 2.31. The highest BCUT2D eigenvalue weighted by Gasteiger charge is 2.24. The molecule has 0 fully saturated rings. The van der Waals surface area contributed by atoms with Crippen molar-refractivity contribution < 1.29 is 14.8 Å².